The SMILES string of the molecule is FC(F)(F)Oc1ccccc1CNCc1ccco1. The van der Waals surface area contributed by atoms with Crippen LogP contribution in [0.5, 0.6) is 5.75 Å². The maximum Gasteiger partial charge on any atom is 0.573 e. The zero-order valence-corrected chi connectivity index (χ0v) is 9.91. The van der Waals surface area contributed by atoms with Crippen molar-refractivity contribution in [2.75, 3.05) is 0 Å². The van der Waals surface area contributed by atoms with Crippen LogP contribution in [0.2, 0.25) is 0 Å². The van der Waals surface area contributed by atoms with Crippen molar-refractivity contribution in [2.24, 2.45) is 0 Å². The number of hydrogen-bond donors (Lipinski definition) is 1. The highest BCUT2D eigenvalue weighted by molar-refractivity contribution is 5.33. The molecule has 102 valence electrons. The minimum absolute atomic E-state index is 0.193. The predicted octanol–water partition coefficient (Wildman–Crippen LogP) is 3.47. The maximum atomic E-state index is 12.2. The summed E-state index contributed by atoms with van der Waals surface area (Å²) in [5, 5.41) is 2.99. The van der Waals surface area contributed by atoms with E-state index in [2.05, 4.69) is 10.1 Å². The molecule has 0 atom stereocenters. The minimum Gasteiger partial charge on any atom is -0.468 e. The normalized spacial score (nSPS) is 11.5. The quantitative estimate of drug-likeness (QED) is 0.904. The minimum atomic E-state index is -4.68. The molecular weight excluding hydrogens is 259 g/mol. The van der Waals surface area contributed by atoms with Crippen LogP contribution in [0.3, 0.4) is 0 Å². The first-order valence-electron chi connectivity index (χ1n) is 5.61. The van der Waals surface area contributed by atoms with Gasteiger partial charge in [-0.05, 0) is 18.2 Å². The summed E-state index contributed by atoms with van der Waals surface area (Å²) in [4.78, 5) is 0. The molecule has 6 heteroatoms. The van der Waals surface area contributed by atoms with Crippen molar-refractivity contribution in [2.45, 2.75) is 19.5 Å². The summed E-state index contributed by atoms with van der Waals surface area (Å²) in [6.45, 7) is 0.695. The molecular formula is C13H12F3NO2. The molecule has 2 rings (SSSR count). The molecule has 0 saturated heterocycles. The van der Waals surface area contributed by atoms with Crippen LogP contribution in [0.25, 0.3) is 0 Å². The largest absolute Gasteiger partial charge is 0.573 e. The van der Waals surface area contributed by atoms with Crippen LogP contribution in [0, 0.1) is 0 Å². The van der Waals surface area contributed by atoms with Gasteiger partial charge in [0.2, 0.25) is 0 Å². The first-order valence-corrected chi connectivity index (χ1v) is 5.61. The van der Waals surface area contributed by atoms with E-state index in [1.165, 1.54) is 18.4 Å². The van der Waals surface area contributed by atoms with E-state index in [0.29, 0.717) is 17.9 Å². The van der Waals surface area contributed by atoms with Gasteiger partial charge in [0.15, 0.2) is 0 Å². The Morgan fingerprint density at radius 2 is 1.84 bits per heavy atom. The summed E-state index contributed by atoms with van der Waals surface area (Å²) in [7, 11) is 0. The number of alkyl halides is 3. The highest BCUT2D eigenvalue weighted by Crippen LogP contribution is 2.26. The van der Waals surface area contributed by atoms with Gasteiger partial charge in [0.05, 0.1) is 12.8 Å². The van der Waals surface area contributed by atoms with Gasteiger partial charge in [0.25, 0.3) is 0 Å². The second kappa shape index (κ2) is 5.79. The van der Waals surface area contributed by atoms with E-state index in [1.54, 1.807) is 24.3 Å². The Balaban J connectivity index is 1.96. The van der Waals surface area contributed by atoms with Crippen LogP contribution < -0.4 is 10.1 Å². The lowest BCUT2D eigenvalue weighted by atomic mass is 10.2. The van der Waals surface area contributed by atoms with Crippen molar-refractivity contribution in [1.29, 1.82) is 0 Å². The van der Waals surface area contributed by atoms with E-state index in [4.69, 9.17) is 4.42 Å². The summed E-state index contributed by atoms with van der Waals surface area (Å²) in [5.74, 6) is 0.524. The number of para-hydroxylation sites is 1. The fourth-order valence-electron chi connectivity index (χ4n) is 1.61. The van der Waals surface area contributed by atoms with Crippen LogP contribution in [0.1, 0.15) is 11.3 Å². The molecule has 0 spiro atoms. The van der Waals surface area contributed by atoms with E-state index < -0.39 is 6.36 Å². The molecule has 0 bridgehead atoms. The molecule has 1 heterocycles. The third-order valence-corrected chi connectivity index (χ3v) is 2.39. The lowest BCUT2D eigenvalue weighted by Gasteiger charge is -2.13. The summed E-state index contributed by atoms with van der Waals surface area (Å²) in [5.41, 5.74) is 0.436. The molecule has 0 radical (unpaired) electrons. The van der Waals surface area contributed by atoms with Gasteiger partial charge in [-0.2, -0.15) is 0 Å². The Morgan fingerprint density at radius 3 is 2.53 bits per heavy atom. The Bertz CT molecular complexity index is 509. The standard InChI is InChI=1S/C13H12F3NO2/c14-13(15,16)19-12-6-2-1-4-10(12)8-17-9-11-5-3-7-18-11/h1-7,17H,8-9H2. The van der Waals surface area contributed by atoms with E-state index in [1.807, 2.05) is 0 Å². The number of benzene rings is 1. The van der Waals surface area contributed by atoms with Gasteiger partial charge in [0, 0.05) is 12.1 Å². The van der Waals surface area contributed by atoms with Crippen molar-refractivity contribution < 1.29 is 22.3 Å². The third kappa shape index (κ3) is 4.33. The fraction of sp³-hybridized carbons (Fsp3) is 0.231. The number of halogens is 3. The molecule has 0 aliphatic heterocycles. The molecule has 0 aliphatic rings. The van der Waals surface area contributed by atoms with Crippen molar-refractivity contribution in [1.82, 2.24) is 5.32 Å². The second-order valence-electron chi connectivity index (χ2n) is 3.84. The van der Waals surface area contributed by atoms with Gasteiger partial charge in [0.1, 0.15) is 11.5 Å². The molecule has 1 aromatic heterocycles. The van der Waals surface area contributed by atoms with Crippen LogP contribution in [-0.2, 0) is 13.1 Å². The number of furan rings is 1. The monoisotopic (exact) mass is 271 g/mol. The molecule has 0 amide bonds. The molecule has 1 N–H and O–H groups in total. The molecule has 0 saturated carbocycles. The van der Waals surface area contributed by atoms with E-state index in [-0.39, 0.29) is 12.3 Å². The van der Waals surface area contributed by atoms with Crippen molar-refractivity contribution in [3.63, 3.8) is 0 Å². The molecule has 0 fully saturated rings. The number of rotatable bonds is 5. The van der Waals surface area contributed by atoms with Gasteiger partial charge < -0.3 is 14.5 Å². The lowest BCUT2D eigenvalue weighted by Crippen LogP contribution is -2.19. The summed E-state index contributed by atoms with van der Waals surface area (Å²) < 4.78 is 45.7. The van der Waals surface area contributed by atoms with Gasteiger partial charge in [-0.3, -0.25) is 0 Å². The fourth-order valence-corrected chi connectivity index (χ4v) is 1.61. The Morgan fingerprint density at radius 1 is 1.05 bits per heavy atom. The number of hydrogen-bond acceptors (Lipinski definition) is 3. The van der Waals surface area contributed by atoms with Gasteiger partial charge >= 0.3 is 6.36 Å². The predicted molar refractivity (Wildman–Crippen MR) is 62.4 cm³/mol. The first kappa shape index (κ1) is 13.5. The molecule has 0 unspecified atom stereocenters. The van der Waals surface area contributed by atoms with Crippen molar-refractivity contribution in [3.8, 4) is 5.75 Å². The Kier molecular flexibility index (Phi) is 4.11. The lowest BCUT2D eigenvalue weighted by molar-refractivity contribution is -0.274. The zero-order chi connectivity index (χ0) is 13.7. The molecule has 3 nitrogen and oxygen atoms in total. The van der Waals surface area contributed by atoms with Crippen LogP contribution in [-0.4, -0.2) is 6.36 Å². The topological polar surface area (TPSA) is 34.4 Å². The molecule has 1 aromatic carbocycles. The Hall–Kier alpha value is -1.95. The van der Waals surface area contributed by atoms with Crippen molar-refractivity contribution in [3.05, 3.63) is 54.0 Å². The summed E-state index contributed by atoms with van der Waals surface area (Å²) in [6, 6.07) is 9.56. The highest BCUT2D eigenvalue weighted by atomic mass is 19.4. The average Bonchev–Trinajstić information content (AvgIpc) is 2.82. The molecule has 19 heavy (non-hydrogen) atoms. The second-order valence-corrected chi connectivity index (χ2v) is 3.84. The molecule has 2 aromatic rings. The smallest absolute Gasteiger partial charge is 0.468 e. The summed E-state index contributed by atoms with van der Waals surface area (Å²) in [6.07, 6.45) is -3.14. The van der Waals surface area contributed by atoms with Crippen LogP contribution >= 0.6 is 0 Å². The van der Waals surface area contributed by atoms with Crippen molar-refractivity contribution >= 4 is 0 Å². The summed E-state index contributed by atoms with van der Waals surface area (Å²) >= 11 is 0. The van der Waals surface area contributed by atoms with Gasteiger partial charge in [-0.1, -0.05) is 18.2 Å². The van der Waals surface area contributed by atoms with E-state index in [0.717, 1.165) is 0 Å². The Labute approximate surface area is 108 Å². The maximum absolute atomic E-state index is 12.2. The number of ether oxygens (including phenoxy) is 1. The van der Waals surface area contributed by atoms with E-state index >= 15 is 0 Å². The van der Waals surface area contributed by atoms with Crippen LogP contribution in [0.4, 0.5) is 13.2 Å². The van der Waals surface area contributed by atoms with Crippen LogP contribution in [0.15, 0.2) is 47.1 Å². The zero-order valence-electron chi connectivity index (χ0n) is 9.91. The van der Waals surface area contributed by atoms with Gasteiger partial charge in [-0.25, -0.2) is 0 Å². The van der Waals surface area contributed by atoms with Gasteiger partial charge in [-0.15, -0.1) is 13.2 Å². The highest BCUT2D eigenvalue weighted by Gasteiger charge is 2.31. The third-order valence-electron chi connectivity index (χ3n) is 2.39. The molecule has 0 aliphatic carbocycles. The first-order chi connectivity index (χ1) is 9.04. The number of nitrogens with one attached hydrogen (secondary N) is 1. The average molecular weight is 271 g/mol. The van der Waals surface area contributed by atoms with E-state index in [9.17, 15) is 13.2 Å².